The van der Waals surface area contributed by atoms with Crippen molar-refractivity contribution in [2.45, 2.75) is 33.7 Å². The van der Waals surface area contributed by atoms with Crippen molar-refractivity contribution in [1.29, 1.82) is 0 Å². The zero-order chi connectivity index (χ0) is 15.6. The van der Waals surface area contributed by atoms with Gasteiger partial charge in [-0.05, 0) is 57.0 Å². The van der Waals surface area contributed by atoms with Gasteiger partial charge in [0.15, 0.2) is 0 Å². The molecule has 21 heavy (non-hydrogen) atoms. The first-order chi connectivity index (χ1) is 9.92. The molecule has 2 aromatic carbocycles. The summed E-state index contributed by atoms with van der Waals surface area (Å²) in [6.07, 6.45) is 0. The van der Waals surface area contributed by atoms with E-state index in [2.05, 4.69) is 73.2 Å². The standard InChI is InChI=1S/C18H22BrNO/c1-11-6-7-17(21-5)16(8-11)14(4)20-18-12(2)9-15(19)10-13(18)3/h6-10,14,20H,1-5H3. The lowest BCUT2D eigenvalue weighted by atomic mass is 10.0. The van der Waals surface area contributed by atoms with Crippen LogP contribution in [0, 0.1) is 20.8 Å². The number of aryl methyl sites for hydroxylation is 3. The first-order valence-corrected chi connectivity index (χ1v) is 7.89. The van der Waals surface area contributed by atoms with Crippen molar-refractivity contribution in [3.05, 3.63) is 57.1 Å². The van der Waals surface area contributed by atoms with E-state index in [1.54, 1.807) is 7.11 Å². The van der Waals surface area contributed by atoms with E-state index in [4.69, 9.17) is 4.74 Å². The highest BCUT2D eigenvalue weighted by molar-refractivity contribution is 9.10. The van der Waals surface area contributed by atoms with Gasteiger partial charge < -0.3 is 10.1 Å². The van der Waals surface area contributed by atoms with Gasteiger partial charge in [-0.2, -0.15) is 0 Å². The third-order valence-electron chi connectivity index (χ3n) is 3.71. The Morgan fingerprint density at radius 1 is 1.05 bits per heavy atom. The van der Waals surface area contributed by atoms with Gasteiger partial charge in [-0.25, -0.2) is 0 Å². The second-order valence-corrected chi connectivity index (χ2v) is 6.44. The zero-order valence-electron chi connectivity index (χ0n) is 13.3. The van der Waals surface area contributed by atoms with Gasteiger partial charge in [-0.3, -0.25) is 0 Å². The smallest absolute Gasteiger partial charge is 0.124 e. The molecule has 1 unspecified atom stereocenters. The Labute approximate surface area is 135 Å². The molecule has 112 valence electrons. The van der Waals surface area contributed by atoms with Crippen molar-refractivity contribution in [2.24, 2.45) is 0 Å². The second kappa shape index (κ2) is 6.52. The van der Waals surface area contributed by atoms with Crippen molar-refractivity contribution in [3.8, 4) is 5.75 Å². The Morgan fingerprint density at radius 3 is 2.24 bits per heavy atom. The highest BCUT2D eigenvalue weighted by atomic mass is 79.9. The molecule has 0 fully saturated rings. The third-order valence-corrected chi connectivity index (χ3v) is 4.17. The van der Waals surface area contributed by atoms with Crippen molar-refractivity contribution in [2.75, 3.05) is 12.4 Å². The summed E-state index contributed by atoms with van der Waals surface area (Å²) >= 11 is 3.54. The van der Waals surface area contributed by atoms with E-state index in [9.17, 15) is 0 Å². The molecule has 0 spiro atoms. The molecular weight excluding hydrogens is 326 g/mol. The lowest BCUT2D eigenvalue weighted by Gasteiger charge is -2.22. The van der Waals surface area contributed by atoms with Gasteiger partial charge in [0, 0.05) is 15.7 Å². The molecule has 0 radical (unpaired) electrons. The normalized spacial score (nSPS) is 12.1. The van der Waals surface area contributed by atoms with Gasteiger partial charge in [-0.15, -0.1) is 0 Å². The Balaban J connectivity index is 2.34. The van der Waals surface area contributed by atoms with Crippen molar-refractivity contribution >= 4 is 21.6 Å². The highest BCUT2D eigenvalue weighted by Crippen LogP contribution is 2.32. The molecule has 0 saturated heterocycles. The number of halogens is 1. The van der Waals surface area contributed by atoms with Crippen LogP contribution in [-0.4, -0.2) is 7.11 Å². The molecule has 2 nitrogen and oxygen atoms in total. The number of nitrogens with one attached hydrogen (secondary N) is 1. The molecule has 0 saturated carbocycles. The second-order valence-electron chi connectivity index (χ2n) is 5.53. The van der Waals surface area contributed by atoms with Gasteiger partial charge >= 0.3 is 0 Å². The van der Waals surface area contributed by atoms with Gasteiger partial charge in [0.05, 0.1) is 13.2 Å². The summed E-state index contributed by atoms with van der Waals surface area (Å²) in [5.41, 5.74) is 6.08. The van der Waals surface area contributed by atoms with E-state index in [1.165, 1.54) is 27.9 Å². The maximum absolute atomic E-state index is 5.49. The first kappa shape index (κ1) is 15.9. The molecule has 1 N–H and O–H groups in total. The topological polar surface area (TPSA) is 21.3 Å². The Hall–Kier alpha value is -1.48. The van der Waals surface area contributed by atoms with Crippen LogP contribution in [0.5, 0.6) is 5.75 Å². The van der Waals surface area contributed by atoms with Crippen molar-refractivity contribution in [3.63, 3.8) is 0 Å². The average Bonchev–Trinajstić information content (AvgIpc) is 2.42. The van der Waals surface area contributed by atoms with E-state index < -0.39 is 0 Å². The molecule has 0 bridgehead atoms. The maximum Gasteiger partial charge on any atom is 0.124 e. The molecular formula is C18H22BrNO. The monoisotopic (exact) mass is 347 g/mol. The largest absolute Gasteiger partial charge is 0.496 e. The average molecular weight is 348 g/mol. The Morgan fingerprint density at radius 2 is 1.67 bits per heavy atom. The first-order valence-electron chi connectivity index (χ1n) is 7.10. The van der Waals surface area contributed by atoms with Gasteiger partial charge in [0.25, 0.3) is 0 Å². The van der Waals surface area contributed by atoms with E-state index in [1.807, 2.05) is 6.07 Å². The summed E-state index contributed by atoms with van der Waals surface area (Å²) < 4.78 is 6.61. The fourth-order valence-electron chi connectivity index (χ4n) is 2.62. The Bertz CT molecular complexity index is 629. The number of benzene rings is 2. The molecule has 0 aliphatic rings. The van der Waals surface area contributed by atoms with Crippen LogP contribution in [0.3, 0.4) is 0 Å². The lowest BCUT2D eigenvalue weighted by Crippen LogP contribution is -2.10. The van der Waals surface area contributed by atoms with Gasteiger partial charge in [0.1, 0.15) is 5.75 Å². The minimum Gasteiger partial charge on any atom is -0.496 e. The molecule has 1 atom stereocenters. The molecule has 0 aromatic heterocycles. The van der Waals surface area contributed by atoms with Crippen LogP contribution in [0.15, 0.2) is 34.8 Å². The number of anilines is 1. The summed E-state index contributed by atoms with van der Waals surface area (Å²) in [6.45, 7) is 8.52. The number of hydrogen-bond acceptors (Lipinski definition) is 2. The van der Waals surface area contributed by atoms with Crippen LogP contribution in [0.25, 0.3) is 0 Å². The molecule has 0 heterocycles. The lowest BCUT2D eigenvalue weighted by molar-refractivity contribution is 0.408. The summed E-state index contributed by atoms with van der Waals surface area (Å²) in [7, 11) is 1.72. The fourth-order valence-corrected chi connectivity index (χ4v) is 3.31. The van der Waals surface area contributed by atoms with Crippen molar-refractivity contribution in [1.82, 2.24) is 0 Å². The van der Waals surface area contributed by atoms with Crippen LogP contribution in [0.2, 0.25) is 0 Å². The zero-order valence-corrected chi connectivity index (χ0v) is 14.8. The van der Waals surface area contributed by atoms with Crippen LogP contribution in [-0.2, 0) is 0 Å². The van der Waals surface area contributed by atoms with Crippen LogP contribution in [0.4, 0.5) is 5.69 Å². The molecule has 3 heteroatoms. The highest BCUT2D eigenvalue weighted by Gasteiger charge is 2.14. The van der Waals surface area contributed by atoms with Crippen LogP contribution in [0.1, 0.15) is 35.2 Å². The molecule has 2 rings (SSSR count). The fraction of sp³-hybridized carbons (Fsp3) is 0.333. The van der Waals surface area contributed by atoms with Crippen molar-refractivity contribution < 1.29 is 4.74 Å². The molecule has 0 aliphatic carbocycles. The van der Waals surface area contributed by atoms with E-state index in [0.29, 0.717) is 0 Å². The minimum atomic E-state index is 0.179. The number of hydrogen-bond donors (Lipinski definition) is 1. The summed E-state index contributed by atoms with van der Waals surface area (Å²) in [6, 6.07) is 10.7. The summed E-state index contributed by atoms with van der Waals surface area (Å²) in [4.78, 5) is 0. The number of ether oxygens (including phenoxy) is 1. The van der Waals surface area contributed by atoms with Gasteiger partial charge in [-0.1, -0.05) is 33.6 Å². The molecule has 0 amide bonds. The Kier molecular flexibility index (Phi) is 4.94. The predicted molar refractivity (Wildman–Crippen MR) is 93.4 cm³/mol. The summed E-state index contributed by atoms with van der Waals surface area (Å²) in [5, 5.41) is 3.62. The van der Waals surface area contributed by atoms with Crippen LogP contribution >= 0.6 is 15.9 Å². The van der Waals surface area contributed by atoms with E-state index >= 15 is 0 Å². The minimum absolute atomic E-state index is 0.179. The maximum atomic E-state index is 5.49. The van der Waals surface area contributed by atoms with Gasteiger partial charge in [0.2, 0.25) is 0 Å². The molecule has 2 aromatic rings. The van der Waals surface area contributed by atoms with E-state index in [-0.39, 0.29) is 6.04 Å². The quantitative estimate of drug-likeness (QED) is 0.781. The third kappa shape index (κ3) is 3.59. The summed E-state index contributed by atoms with van der Waals surface area (Å²) in [5.74, 6) is 0.924. The predicted octanol–water partition coefficient (Wildman–Crippen LogP) is 5.56. The van der Waals surface area contributed by atoms with E-state index in [0.717, 1.165) is 10.2 Å². The number of methoxy groups -OCH3 is 1. The molecule has 0 aliphatic heterocycles. The number of rotatable bonds is 4. The SMILES string of the molecule is COc1ccc(C)cc1C(C)Nc1c(C)cc(Br)cc1C. The van der Waals surface area contributed by atoms with Crippen LogP contribution < -0.4 is 10.1 Å².